The van der Waals surface area contributed by atoms with E-state index in [4.69, 9.17) is 4.74 Å². The van der Waals surface area contributed by atoms with Crippen molar-refractivity contribution >= 4 is 0 Å². The Morgan fingerprint density at radius 3 is 2.58 bits per heavy atom. The molecule has 0 amide bonds. The second kappa shape index (κ2) is 4.46. The summed E-state index contributed by atoms with van der Waals surface area (Å²) < 4.78 is 5.62. The minimum absolute atomic E-state index is 0.385. The number of ether oxygens (including phenoxy) is 1. The summed E-state index contributed by atoms with van der Waals surface area (Å²) in [6.07, 6.45) is 6.72. The fraction of sp³-hybridized carbons (Fsp3) is 0.636. The van der Waals surface area contributed by atoms with Crippen molar-refractivity contribution in [2.45, 2.75) is 25.9 Å². The van der Waals surface area contributed by atoms with Crippen molar-refractivity contribution in [2.24, 2.45) is 11.8 Å². The molecule has 1 fully saturated rings. The van der Waals surface area contributed by atoms with Gasteiger partial charge in [0.25, 0.3) is 0 Å². The predicted octanol–water partition coefficient (Wildman–Crippen LogP) is 2.79. The predicted molar refractivity (Wildman–Crippen MR) is 52.0 cm³/mol. The Balaban J connectivity index is 2.49. The molecular weight excluding hydrogens is 148 g/mol. The van der Waals surface area contributed by atoms with Gasteiger partial charge in [-0.25, -0.2) is 0 Å². The zero-order valence-electron chi connectivity index (χ0n) is 7.83. The molecule has 1 nitrogen and oxygen atoms in total. The molecule has 68 valence electrons. The van der Waals surface area contributed by atoms with Crippen molar-refractivity contribution < 1.29 is 4.74 Å². The van der Waals surface area contributed by atoms with Crippen LogP contribution in [0.25, 0.3) is 0 Å². The fourth-order valence-electron chi connectivity index (χ4n) is 1.92. The average Bonchev–Trinajstić information content (AvgIpc) is 2.48. The molecule has 0 aromatic heterocycles. The van der Waals surface area contributed by atoms with E-state index in [0.29, 0.717) is 17.9 Å². The molecule has 0 spiro atoms. The standard InChI is InChI=1S/C11H18O/c1-4-9-7-10(5-2)11(8-9)12-6-3/h4-5,9-11H,1-2,6-8H2,3H3. The normalized spacial score (nSPS) is 34.9. The van der Waals surface area contributed by atoms with E-state index in [1.54, 1.807) is 0 Å². The first-order valence-corrected chi connectivity index (χ1v) is 4.68. The molecule has 0 N–H and O–H groups in total. The minimum Gasteiger partial charge on any atom is -0.378 e. The Morgan fingerprint density at radius 2 is 2.08 bits per heavy atom. The van der Waals surface area contributed by atoms with E-state index in [1.165, 1.54) is 0 Å². The Labute approximate surface area is 75.1 Å². The van der Waals surface area contributed by atoms with Gasteiger partial charge < -0.3 is 4.74 Å². The molecule has 1 heteroatoms. The number of hydrogen-bond donors (Lipinski definition) is 0. The van der Waals surface area contributed by atoms with Gasteiger partial charge in [0.05, 0.1) is 6.10 Å². The van der Waals surface area contributed by atoms with Gasteiger partial charge in [0.15, 0.2) is 0 Å². The molecule has 0 aromatic rings. The van der Waals surface area contributed by atoms with E-state index in [-0.39, 0.29) is 0 Å². The van der Waals surface area contributed by atoms with Crippen molar-refractivity contribution in [1.29, 1.82) is 0 Å². The third-order valence-electron chi connectivity index (χ3n) is 2.60. The van der Waals surface area contributed by atoms with Gasteiger partial charge in [-0.05, 0) is 25.7 Å². The fourth-order valence-corrected chi connectivity index (χ4v) is 1.92. The lowest BCUT2D eigenvalue weighted by atomic mass is 10.1. The van der Waals surface area contributed by atoms with Crippen molar-refractivity contribution in [1.82, 2.24) is 0 Å². The van der Waals surface area contributed by atoms with Gasteiger partial charge in [0.2, 0.25) is 0 Å². The molecule has 12 heavy (non-hydrogen) atoms. The lowest BCUT2D eigenvalue weighted by molar-refractivity contribution is 0.0478. The van der Waals surface area contributed by atoms with E-state index in [2.05, 4.69) is 13.2 Å². The smallest absolute Gasteiger partial charge is 0.0643 e. The maximum Gasteiger partial charge on any atom is 0.0643 e. The Morgan fingerprint density at radius 1 is 1.33 bits per heavy atom. The SMILES string of the molecule is C=CC1CC(C=C)C(OCC)C1. The zero-order valence-corrected chi connectivity index (χ0v) is 7.83. The molecule has 0 aromatic carbocycles. The molecule has 0 radical (unpaired) electrons. The van der Waals surface area contributed by atoms with Crippen LogP contribution in [0.4, 0.5) is 0 Å². The summed E-state index contributed by atoms with van der Waals surface area (Å²) in [4.78, 5) is 0. The molecule has 0 bridgehead atoms. The number of allylic oxidation sites excluding steroid dienone is 1. The summed E-state index contributed by atoms with van der Waals surface area (Å²) in [5.41, 5.74) is 0. The summed E-state index contributed by atoms with van der Waals surface area (Å²) in [6, 6.07) is 0. The molecule has 1 aliphatic rings. The largest absolute Gasteiger partial charge is 0.378 e. The topological polar surface area (TPSA) is 9.23 Å². The number of hydrogen-bond acceptors (Lipinski definition) is 1. The van der Waals surface area contributed by atoms with Crippen LogP contribution in [-0.4, -0.2) is 12.7 Å². The van der Waals surface area contributed by atoms with Gasteiger partial charge in [-0.1, -0.05) is 12.2 Å². The van der Waals surface area contributed by atoms with E-state index >= 15 is 0 Å². The molecular formula is C11H18O. The van der Waals surface area contributed by atoms with Crippen LogP contribution in [0.5, 0.6) is 0 Å². The summed E-state index contributed by atoms with van der Waals surface area (Å²) >= 11 is 0. The van der Waals surface area contributed by atoms with Crippen LogP contribution >= 0.6 is 0 Å². The van der Waals surface area contributed by atoms with Gasteiger partial charge in [-0.2, -0.15) is 0 Å². The molecule has 1 aliphatic carbocycles. The Bertz CT molecular complexity index is 162. The van der Waals surface area contributed by atoms with E-state index in [1.807, 2.05) is 19.1 Å². The first-order valence-electron chi connectivity index (χ1n) is 4.68. The highest BCUT2D eigenvalue weighted by Crippen LogP contribution is 2.34. The molecule has 0 heterocycles. The molecule has 3 atom stereocenters. The highest BCUT2D eigenvalue weighted by atomic mass is 16.5. The van der Waals surface area contributed by atoms with Crippen molar-refractivity contribution in [3.63, 3.8) is 0 Å². The zero-order chi connectivity index (χ0) is 8.97. The third kappa shape index (κ3) is 1.98. The van der Waals surface area contributed by atoms with Crippen LogP contribution in [0, 0.1) is 11.8 Å². The number of rotatable bonds is 4. The van der Waals surface area contributed by atoms with Gasteiger partial charge in [0.1, 0.15) is 0 Å². The second-order valence-electron chi connectivity index (χ2n) is 3.36. The molecule has 0 aliphatic heterocycles. The first-order chi connectivity index (χ1) is 5.81. The van der Waals surface area contributed by atoms with Crippen LogP contribution in [0.1, 0.15) is 19.8 Å². The van der Waals surface area contributed by atoms with Gasteiger partial charge >= 0.3 is 0 Å². The average molecular weight is 166 g/mol. The monoisotopic (exact) mass is 166 g/mol. The summed E-state index contributed by atoms with van der Waals surface area (Å²) in [5.74, 6) is 1.16. The second-order valence-corrected chi connectivity index (χ2v) is 3.36. The van der Waals surface area contributed by atoms with Crippen LogP contribution in [-0.2, 0) is 4.74 Å². The van der Waals surface area contributed by atoms with E-state index in [0.717, 1.165) is 19.4 Å². The van der Waals surface area contributed by atoms with E-state index in [9.17, 15) is 0 Å². The van der Waals surface area contributed by atoms with Gasteiger partial charge in [-0.3, -0.25) is 0 Å². The molecule has 3 unspecified atom stereocenters. The summed E-state index contributed by atoms with van der Waals surface area (Å²) in [6.45, 7) is 10.5. The van der Waals surface area contributed by atoms with Crippen molar-refractivity contribution in [3.05, 3.63) is 25.3 Å². The first kappa shape index (κ1) is 9.53. The maximum absolute atomic E-state index is 5.62. The van der Waals surface area contributed by atoms with Crippen molar-refractivity contribution in [2.75, 3.05) is 6.61 Å². The van der Waals surface area contributed by atoms with Crippen LogP contribution in [0.15, 0.2) is 25.3 Å². The van der Waals surface area contributed by atoms with Crippen LogP contribution < -0.4 is 0 Å². The van der Waals surface area contributed by atoms with Crippen LogP contribution in [0.3, 0.4) is 0 Å². The van der Waals surface area contributed by atoms with Gasteiger partial charge in [0, 0.05) is 12.5 Å². The molecule has 1 saturated carbocycles. The highest BCUT2D eigenvalue weighted by Gasteiger charge is 2.30. The molecule has 0 saturated heterocycles. The maximum atomic E-state index is 5.62. The third-order valence-corrected chi connectivity index (χ3v) is 2.60. The van der Waals surface area contributed by atoms with Gasteiger partial charge in [-0.15, -0.1) is 13.2 Å². The quantitative estimate of drug-likeness (QED) is 0.583. The molecule has 1 rings (SSSR count). The highest BCUT2D eigenvalue weighted by molar-refractivity contribution is 4.98. The summed E-state index contributed by atoms with van der Waals surface area (Å²) in [5, 5.41) is 0. The van der Waals surface area contributed by atoms with Crippen molar-refractivity contribution in [3.8, 4) is 0 Å². The summed E-state index contributed by atoms with van der Waals surface area (Å²) in [7, 11) is 0. The lowest BCUT2D eigenvalue weighted by Gasteiger charge is -2.14. The van der Waals surface area contributed by atoms with Crippen LogP contribution in [0.2, 0.25) is 0 Å². The lowest BCUT2D eigenvalue weighted by Crippen LogP contribution is -2.15. The Kier molecular flexibility index (Phi) is 3.54. The Hall–Kier alpha value is -0.560. The minimum atomic E-state index is 0.385. The van der Waals surface area contributed by atoms with E-state index < -0.39 is 0 Å².